The topological polar surface area (TPSA) is 29.1 Å². The number of hydrogen-bond donors (Lipinski definition) is 1. The Hall–Kier alpha value is -2.16. The average Bonchev–Trinajstić information content (AvgIpc) is 2.41. The molecule has 20 heavy (non-hydrogen) atoms. The first kappa shape index (κ1) is 17.8. The SMILES string of the molecule is C.CC.Cc1cccc(NC(=O)c2ccc(F)cc2)c1. The van der Waals surface area contributed by atoms with Gasteiger partial charge in [-0.1, -0.05) is 33.4 Å². The van der Waals surface area contributed by atoms with E-state index in [1.54, 1.807) is 0 Å². The molecule has 0 aromatic heterocycles. The number of carbonyl (C=O) groups is 1. The Bertz CT molecular complexity index is 535. The maximum Gasteiger partial charge on any atom is 0.255 e. The molecule has 2 aromatic carbocycles. The highest BCUT2D eigenvalue weighted by molar-refractivity contribution is 6.04. The zero-order chi connectivity index (χ0) is 14.3. The molecule has 3 heteroatoms. The van der Waals surface area contributed by atoms with Crippen LogP contribution >= 0.6 is 0 Å². The number of hydrogen-bond acceptors (Lipinski definition) is 1. The Labute approximate surface area is 120 Å². The molecule has 0 unspecified atom stereocenters. The van der Waals surface area contributed by atoms with Gasteiger partial charge in [-0.05, 0) is 48.9 Å². The summed E-state index contributed by atoms with van der Waals surface area (Å²) in [5.74, 6) is -0.590. The lowest BCUT2D eigenvalue weighted by atomic mass is 10.2. The Balaban J connectivity index is 0.00000115. The van der Waals surface area contributed by atoms with Gasteiger partial charge >= 0.3 is 0 Å². The van der Waals surface area contributed by atoms with Crippen molar-refractivity contribution in [2.75, 3.05) is 5.32 Å². The highest BCUT2D eigenvalue weighted by atomic mass is 19.1. The molecule has 0 heterocycles. The largest absolute Gasteiger partial charge is 0.322 e. The average molecular weight is 275 g/mol. The monoisotopic (exact) mass is 275 g/mol. The standard InChI is InChI=1S/C14H12FNO.C2H6.CH4/c1-10-3-2-4-13(9-10)16-14(17)11-5-7-12(15)8-6-11;1-2;/h2-9H,1H3,(H,16,17);1-2H3;1H4. The van der Waals surface area contributed by atoms with Crippen molar-refractivity contribution in [2.45, 2.75) is 28.2 Å². The van der Waals surface area contributed by atoms with Crippen LogP contribution in [0.25, 0.3) is 0 Å². The van der Waals surface area contributed by atoms with Gasteiger partial charge in [0.15, 0.2) is 0 Å². The summed E-state index contributed by atoms with van der Waals surface area (Å²) in [6.45, 7) is 5.95. The summed E-state index contributed by atoms with van der Waals surface area (Å²) in [7, 11) is 0. The third kappa shape index (κ3) is 5.22. The third-order valence-electron chi connectivity index (χ3n) is 2.38. The van der Waals surface area contributed by atoms with Crippen molar-refractivity contribution in [2.24, 2.45) is 0 Å². The van der Waals surface area contributed by atoms with Gasteiger partial charge in [0.1, 0.15) is 5.82 Å². The molecule has 1 amide bonds. The van der Waals surface area contributed by atoms with Crippen molar-refractivity contribution in [3.8, 4) is 0 Å². The normalized spacial score (nSPS) is 8.80. The number of carbonyl (C=O) groups excluding carboxylic acids is 1. The first-order valence-corrected chi connectivity index (χ1v) is 6.29. The molecule has 0 bridgehead atoms. The lowest BCUT2D eigenvalue weighted by Crippen LogP contribution is -2.11. The molecular weight excluding hydrogens is 253 g/mol. The molecule has 2 rings (SSSR count). The van der Waals surface area contributed by atoms with Gasteiger partial charge in [-0.25, -0.2) is 4.39 Å². The lowest BCUT2D eigenvalue weighted by molar-refractivity contribution is 0.102. The van der Waals surface area contributed by atoms with Crippen molar-refractivity contribution in [1.29, 1.82) is 0 Å². The molecule has 1 N–H and O–H groups in total. The fraction of sp³-hybridized carbons (Fsp3) is 0.235. The van der Waals surface area contributed by atoms with Crippen LogP contribution in [0.2, 0.25) is 0 Å². The van der Waals surface area contributed by atoms with E-state index >= 15 is 0 Å². The van der Waals surface area contributed by atoms with Crippen LogP contribution in [0.4, 0.5) is 10.1 Å². The maximum atomic E-state index is 12.7. The van der Waals surface area contributed by atoms with Crippen molar-refractivity contribution in [3.63, 3.8) is 0 Å². The minimum Gasteiger partial charge on any atom is -0.322 e. The predicted octanol–water partition coefficient (Wildman–Crippen LogP) is 5.05. The van der Waals surface area contributed by atoms with Gasteiger partial charge in [-0.2, -0.15) is 0 Å². The van der Waals surface area contributed by atoms with E-state index in [1.165, 1.54) is 24.3 Å². The molecule has 0 radical (unpaired) electrons. The van der Waals surface area contributed by atoms with E-state index in [0.717, 1.165) is 11.3 Å². The van der Waals surface area contributed by atoms with Crippen molar-refractivity contribution in [3.05, 3.63) is 65.5 Å². The van der Waals surface area contributed by atoms with E-state index in [9.17, 15) is 9.18 Å². The highest BCUT2D eigenvalue weighted by Crippen LogP contribution is 2.11. The Morgan fingerprint density at radius 2 is 1.65 bits per heavy atom. The van der Waals surface area contributed by atoms with E-state index in [1.807, 2.05) is 45.0 Å². The van der Waals surface area contributed by atoms with Crippen molar-refractivity contribution >= 4 is 11.6 Å². The Morgan fingerprint density at radius 3 is 2.20 bits per heavy atom. The second kappa shape index (κ2) is 8.86. The van der Waals surface area contributed by atoms with Gasteiger partial charge < -0.3 is 5.32 Å². The number of halogens is 1. The summed E-state index contributed by atoms with van der Waals surface area (Å²) in [5, 5.41) is 2.76. The summed E-state index contributed by atoms with van der Waals surface area (Å²) in [5.41, 5.74) is 2.24. The minimum absolute atomic E-state index is 0. The number of amides is 1. The quantitative estimate of drug-likeness (QED) is 0.816. The zero-order valence-electron chi connectivity index (χ0n) is 11.4. The second-order valence-electron chi connectivity index (χ2n) is 3.83. The molecule has 0 saturated carbocycles. The number of aryl methyl sites for hydroxylation is 1. The minimum atomic E-state index is -0.350. The fourth-order valence-electron chi connectivity index (χ4n) is 1.53. The van der Waals surface area contributed by atoms with Crippen LogP contribution in [0.15, 0.2) is 48.5 Å². The molecule has 0 atom stereocenters. The Morgan fingerprint density at radius 1 is 1.05 bits per heavy atom. The van der Waals surface area contributed by atoms with Crippen molar-refractivity contribution < 1.29 is 9.18 Å². The smallest absolute Gasteiger partial charge is 0.255 e. The number of benzene rings is 2. The van der Waals surface area contributed by atoms with E-state index in [-0.39, 0.29) is 19.2 Å². The first-order valence-electron chi connectivity index (χ1n) is 6.29. The summed E-state index contributed by atoms with van der Waals surface area (Å²) < 4.78 is 12.7. The predicted molar refractivity (Wildman–Crippen MR) is 83.6 cm³/mol. The molecule has 0 fully saturated rings. The van der Waals surface area contributed by atoms with Gasteiger partial charge in [0.25, 0.3) is 5.91 Å². The van der Waals surface area contributed by atoms with E-state index < -0.39 is 0 Å². The second-order valence-corrected chi connectivity index (χ2v) is 3.83. The van der Waals surface area contributed by atoms with Crippen LogP contribution in [0.1, 0.15) is 37.2 Å². The van der Waals surface area contributed by atoms with Crippen LogP contribution in [0.3, 0.4) is 0 Å². The number of rotatable bonds is 2. The van der Waals surface area contributed by atoms with E-state index in [0.29, 0.717) is 5.56 Å². The first-order chi connectivity index (χ1) is 9.15. The fourth-order valence-corrected chi connectivity index (χ4v) is 1.53. The molecule has 108 valence electrons. The lowest BCUT2D eigenvalue weighted by Gasteiger charge is -2.05. The van der Waals surface area contributed by atoms with Gasteiger partial charge in [0, 0.05) is 11.3 Å². The van der Waals surface area contributed by atoms with Gasteiger partial charge in [-0.3, -0.25) is 4.79 Å². The zero-order valence-corrected chi connectivity index (χ0v) is 11.4. The molecule has 0 saturated heterocycles. The molecule has 2 nitrogen and oxygen atoms in total. The van der Waals surface area contributed by atoms with Crippen LogP contribution in [-0.2, 0) is 0 Å². The molecule has 0 aliphatic rings. The third-order valence-corrected chi connectivity index (χ3v) is 2.38. The van der Waals surface area contributed by atoms with E-state index in [2.05, 4.69) is 5.32 Å². The molecule has 0 spiro atoms. The molecular formula is C17H22FNO. The van der Waals surface area contributed by atoms with Gasteiger partial charge in [0.2, 0.25) is 0 Å². The van der Waals surface area contributed by atoms with Crippen molar-refractivity contribution in [1.82, 2.24) is 0 Å². The highest BCUT2D eigenvalue weighted by Gasteiger charge is 2.05. The number of anilines is 1. The molecule has 2 aromatic rings. The molecule has 0 aliphatic heterocycles. The molecule has 0 aliphatic carbocycles. The number of nitrogens with one attached hydrogen (secondary N) is 1. The van der Waals surface area contributed by atoms with Crippen LogP contribution in [-0.4, -0.2) is 5.91 Å². The van der Waals surface area contributed by atoms with Crippen LogP contribution < -0.4 is 5.32 Å². The van der Waals surface area contributed by atoms with Crippen LogP contribution in [0, 0.1) is 12.7 Å². The van der Waals surface area contributed by atoms with E-state index in [4.69, 9.17) is 0 Å². The maximum absolute atomic E-state index is 12.7. The van der Waals surface area contributed by atoms with Gasteiger partial charge in [0.05, 0.1) is 0 Å². The summed E-state index contributed by atoms with van der Waals surface area (Å²) in [4.78, 5) is 11.8. The summed E-state index contributed by atoms with van der Waals surface area (Å²) in [6.07, 6.45) is 0. The summed E-state index contributed by atoms with van der Waals surface area (Å²) in [6, 6.07) is 13.0. The Kier molecular flexibility index (Phi) is 7.90. The summed E-state index contributed by atoms with van der Waals surface area (Å²) >= 11 is 0. The van der Waals surface area contributed by atoms with Crippen LogP contribution in [0.5, 0.6) is 0 Å². The van der Waals surface area contributed by atoms with Gasteiger partial charge in [-0.15, -0.1) is 0 Å².